The minimum atomic E-state index is -0.122. The van der Waals surface area contributed by atoms with E-state index in [1.54, 1.807) is 18.2 Å². The van der Waals surface area contributed by atoms with Gasteiger partial charge in [-0.1, -0.05) is 6.07 Å². The molecule has 0 saturated heterocycles. The third-order valence-electron chi connectivity index (χ3n) is 2.96. The fraction of sp³-hybridized carbons (Fsp3) is 0.133. The van der Waals surface area contributed by atoms with Crippen LogP contribution in [0.3, 0.4) is 0 Å². The van der Waals surface area contributed by atoms with Gasteiger partial charge in [0.15, 0.2) is 0 Å². The summed E-state index contributed by atoms with van der Waals surface area (Å²) in [5.41, 5.74) is 9.96. The van der Waals surface area contributed by atoms with E-state index in [0.29, 0.717) is 11.3 Å². The first kappa shape index (κ1) is 13.9. The summed E-state index contributed by atoms with van der Waals surface area (Å²) in [6, 6.07) is 11.1. The van der Waals surface area contributed by atoms with Crippen molar-refractivity contribution in [3.05, 3.63) is 56.7 Å². The highest BCUT2D eigenvalue weighted by Gasteiger charge is 2.08. The Morgan fingerprint density at radius 2 is 1.84 bits per heavy atom. The van der Waals surface area contributed by atoms with Gasteiger partial charge in [-0.15, -0.1) is 0 Å². The Hall–Kier alpha value is -1.56. The van der Waals surface area contributed by atoms with Crippen LogP contribution < -0.4 is 11.1 Å². The summed E-state index contributed by atoms with van der Waals surface area (Å²) in [7, 11) is 0. The smallest absolute Gasteiger partial charge is 0.255 e. The lowest BCUT2D eigenvalue weighted by molar-refractivity contribution is 0.102. The molecule has 2 rings (SSSR count). The monoisotopic (exact) mass is 366 g/mol. The molecule has 2 aromatic rings. The second kappa shape index (κ2) is 5.61. The molecule has 0 aliphatic rings. The highest BCUT2D eigenvalue weighted by atomic mass is 127. The van der Waals surface area contributed by atoms with E-state index in [1.165, 1.54) is 5.56 Å². The lowest BCUT2D eigenvalue weighted by Crippen LogP contribution is -2.12. The maximum Gasteiger partial charge on any atom is 0.255 e. The van der Waals surface area contributed by atoms with Gasteiger partial charge in [0.05, 0.1) is 0 Å². The minimum absolute atomic E-state index is 0.122. The first-order valence-electron chi connectivity index (χ1n) is 5.91. The zero-order valence-corrected chi connectivity index (χ0v) is 13.0. The molecular formula is C15H15IN2O. The van der Waals surface area contributed by atoms with E-state index in [4.69, 9.17) is 5.73 Å². The van der Waals surface area contributed by atoms with Crippen molar-refractivity contribution in [2.24, 2.45) is 0 Å². The molecule has 2 aromatic carbocycles. The van der Waals surface area contributed by atoms with Crippen LogP contribution in [0, 0.1) is 17.4 Å². The van der Waals surface area contributed by atoms with Gasteiger partial charge in [0, 0.05) is 20.5 Å². The molecule has 0 heterocycles. The largest absolute Gasteiger partial charge is 0.399 e. The molecule has 4 heteroatoms. The van der Waals surface area contributed by atoms with E-state index in [0.717, 1.165) is 14.8 Å². The average Bonchev–Trinajstić information content (AvgIpc) is 2.37. The van der Waals surface area contributed by atoms with Gasteiger partial charge in [0.2, 0.25) is 0 Å². The summed E-state index contributed by atoms with van der Waals surface area (Å²) in [5.74, 6) is -0.122. The summed E-state index contributed by atoms with van der Waals surface area (Å²) < 4.78 is 1.13. The molecule has 1 amide bonds. The number of nitrogens with two attached hydrogens (primary N) is 1. The Labute approximate surface area is 126 Å². The van der Waals surface area contributed by atoms with Gasteiger partial charge in [-0.3, -0.25) is 4.79 Å². The van der Waals surface area contributed by atoms with E-state index in [9.17, 15) is 4.79 Å². The number of rotatable bonds is 2. The fourth-order valence-electron chi connectivity index (χ4n) is 1.69. The number of hydrogen-bond acceptors (Lipinski definition) is 2. The van der Waals surface area contributed by atoms with Gasteiger partial charge in [-0.25, -0.2) is 0 Å². The molecule has 0 saturated carbocycles. The zero-order chi connectivity index (χ0) is 14.0. The van der Waals surface area contributed by atoms with Crippen molar-refractivity contribution in [1.29, 1.82) is 0 Å². The second-order valence-corrected chi connectivity index (χ2v) is 5.65. The number of carbonyl (C=O) groups excluding carboxylic acids is 1. The van der Waals surface area contributed by atoms with E-state index in [2.05, 4.69) is 27.9 Å². The van der Waals surface area contributed by atoms with Gasteiger partial charge in [-0.05, 0) is 77.9 Å². The van der Waals surface area contributed by atoms with Gasteiger partial charge in [0.25, 0.3) is 5.91 Å². The molecular weight excluding hydrogens is 351 g/mol. The molecule has 0 aliphatic carbocycles. The Morgan fingerprint density at radius 1 is 1.11 bits per heavy atom. The molecule has 19 heavy (non-hydrogen) atoms. The van der Waals surface area contributed by atoms with E-state index >= 15 is 0 Å². The molecule has 0 bridgehead atoms. The number of anilines is 2. The lowest BCUT2D eigenvalue weighted by Gasteiger charge is -2.08. The van der Waals surface area contributed by atoms with Crippen LogP contribution in [0.4, 0.5) is 11.4 Å². The SMILES string of the molecule is Cc1cc(C(=O)Nc2ccc(C)c(I)c2)ccc1N. The number of hydrogen-bond donors (Lipinski definition) is 2. The summed E-state index contributed by atoms with van der Waals surface area (Å²) >= 11 is 2.25. The zero-order valence-electron chi connectivity index (χ0n) is 10.8. The molecule has 0 spiro atoms. The Kier molecular flexibility index (Phi) is 4.09. The summed E-state index contributed by atoms with van der Waals surface area (Å²) in [4.78, 5) is 12.1. The van der Waals surface area contributed by atoms with Crippen LogP contribution in [0.25, 0.3) is 0 Å². The molecule has 3 nitrogen and oxygen atoms in total. The molecule has 0 fully saturated rings. The molecule has 0 radical (unpaired) electrons. The van der Waals surface area contributed by atoms with Crippen LogP contribution in [-0.4, -0.2) is 5.91 Å². The minimum Gasteiger partial charge on any atom is -0.399 e. The van der Waals surface area contributed by atoms with Crippen molar-refractivity contribution in [3.63, 3.8) is 0 Å². The molecule has 0 atom stereocenters. The van der Waals surface area contributed by atoms with Gasteiger partial charge >= 0.3 is 0 Å². The quantitative estimate of drug-likeness (QED) is 0.629. The van der Waals surface area contributed by atoms with Crippen molar-refractivity contribution >= 4 is 39.9 Å². The van der Waals surface area contributed by atoms with Crippen LogP contribution in [-0.2, 0) is 0 Å². The number of aryl methyl sites for hydroxylation is 2. The van der Waals surface area contributed by atoms with Crippen molar-refractivity contribution in [1.82, 2.24) is 0 Å². The van der Waals surface area contributed by atoms with E-state index < -0.39 is 0 Å². The fourth-order valence-corrected chi connectivity index (χ4v) is 2.21. The topological polar surface area (TPSA) is 55.1 Å². The van der Waals surface area contributed by atoms with Crippen molar-refractivity contribution in [3.8, 4) is 0 Å². The van der Waals surface area contributed by atoms with Crippen molar-refractivity contribution in [2.45, 2.75) is 13.8 Å². The van der Waals surface area contributed by atoms with Crippen LogP contribution in [0.2, 0.25) is 0 Å². The van der Waals surface area contributed by atoms with Crippen molar-refractivity contribution in [2.75, 3.05) is 11.1 Å². The number of halogens is 1. The van der Waals surface area contributed by atoms with Crippen molar-refractivity contribution < 1.29 is 4.79 Å². The molecule has 0 aromatic heterocycles. The summed E-state index contributed by atoms with van der Waals surface area (Å²) in [6.45, 7) is 3.93. The van der Waals surface area contributed by atoms with Gasteiger partial charge in [0.1, 0.15) is 0 Å². The summed E-state index contributed by atoms with van der Waals surface area (Å²) in [5, 5.41) is 2.89. The summed E-state index contributed by atoms with van der Waals surface area (Å²) in [6.07, 6.45) is 0. The van der Waals surface area contributed by atoms with Gasteiger partial charge < -0.3 is 11.1 Å². The predicted molar refractivity (Wildman–Crippen MR) is 87.4 cm³/mol. The number of benzene rings is 2. The van der Waals surface area contributed by atoms with E-state index in [-0.39, 0.29) is 5.91 Å². The van der Waals surface area contributed by atoms with Crippen LogP contribution >= 0.6 is 22.6 Å². The maximum absolute atomic E-state index is 12.1. The molecule has 3 N–H and O–H groups in total. The first-order chi connectivity index (χ1) is 8.97. The highest BCUT2D eigenvalue weighted by Crippen LogP contribution is 2.19. The number of nitrogen functional groups attached to an aromatic ring is 1. The Balaban J connectivity index is 2.20. The average molecular weight is 366 g/mol. The third kappa shape index (κ3) is 3.26. The van der Waals surface area contributed by atoms with Crippen LogP contribution in [0.1, 0.15) is 21.5 Å². The lowest BCUT2D eigenvalue weighted by atomic mass is 10.1. The second-order valence-electron chi connectivity index (χ2n) is 4.49. The van der Waals surface area contributed by atoms with Gasteiger partial charge in [-0.2, -0.15) is 0 Å². The third-order valence-corrected chi connectivity index (χ3v) is 4.12. The Morgan fingerprint density at radius 3 is 2.47 bits per heavy atom. The predicted octanol–water partition coefficient (Wildman–Crippen LogP) is 3.74. The maximum atomic E-state index is 12.1. The Bertz CT molecular complexity index is 638. The van der Waals surface area contributed by atoms with Crippen LogP contribution in [0.15, 0.2) is 36.4 Å². The number of carbonyl (C=O) groups is 1. The number of nitrogens with one attached hydrogen (secondary N) is 1. The highest BCUT2D eigenvalue weighted by molar-refractivity contribution is 14.1. The normalized spacial score (nSPS) is 10.3. The number of amides is 1. The molecule has 0 unspecified atom stereocenters. The molecule has 98 valence electrons. The molecule has 0 aliphatic heterocycles. The first-order valence-corrected chi connectivity index (χ1v) is 6.99. The van der Waals surface area contributed by atoms with Crippen LogP contribution in [0.5, 0.6) is 0 Å². The van der Waals surface area contributed by atoms with E-state index in [1.807, 2.05) is 32.0 Å². The standard InChI is InChI=1S/C15H15IN2O/c1-9-3-5-12(8-13(9)16)18-15(19)11-4-6-14(17)10(2)7-11/h3-8H,17H2,1-2H3,(H,18,19).